The fourth-order valence-electron chi connectivity index (χ4n) is 1.07. The standard InChI is InChI=1S/C11H16NO3P/c1-3-4-9-12-16(13)15-11-7-5-10(14-2)6-8-11/h5-8H,3-4,9H2,1-2H3. The molecule has 0 amide bonds. The molecule has 5 heteroatoms. The lowest BCUT2D eigenvalue weighted by atomic mass is 10.3. The van der Waals surface area contributed by atoms with Crippen LogP contribution in [0.5, 0.6) is 11.5 Å². The lowest BCUT2D eigenvalue weighted by molar-refractivity contribution is -0.168. The summed E-state index contributed by atoms with van der Waals surface area (Å²) in [6.45, 7) is 2.65. The highest BCUT2D eigenvalue weighted by molar-refractivity contribution is 7.34. The molecule has 1 rings (SSSR count). The van der Waals surface area contributed by atoms with Crippen LogP contribution in [0.15, 0.2) is 29.0 Å². The van der Waals surface area contributed by atoms with Crippen LogP contribution in [0.3, 0.4) is 0 Å². The number of unbranched alkanes of at least 4 members (excludes halogenated alkanes) is 1. The van der Waals surface area contributed by atoms with Gasteiger partial charge in [0, 0.05) is 0 Å². The summed E-state index contributed by atoms with van der Waals surface area (Å²) in [6.07, 6.45) is 1.97. The van der Waals surface area contributed by atoms with E-state index in [1.54, 1.807) is 31.4 Å². The number of hydrogen-bond donors (Lipinski definition) is 0. The highest BCUT2D eigenvalue weighted by atomic mass is 31.1. The van der Waals surface area contributed by atoms with Gasteiger partial charge >= 0.3 is 8.17 Å². The van der Waals surface area contributed by atoms with Gasteiger partial charge in [-0.25, -0.2) is 0 Å². The molecule has 0 aromatic heterocycles. The van der Waals surface area contributed by atoms with Gasteiger partial charge in [0.25, 0.3) is 0 Å². The maximum Gasteiger partial charge on any atom is 0.394 e. The molecule has 16 heavy (non-hydrogen) atoms. The molecule has 0 fully saturated rings. The SMILES string of the molecule is CCCCN=[P+]([O-])Oc1ccc(OC)cc1. The maximum absolute atomic E-state index is 11.4. The van der Waals surface area contributed by atoms with Gasteiger partial charge in [-0.15, -0.1) is 0 Å². The largest absolute Gasteiger partial charge is 0.575 e. The zero-order valence-electron chi connectivity index (χ0n) is 9.55. The number of methoxy groups -OCH3 is 1. The second-order valence-corrected chi connectivity index (χ2v) is 4.16. The van der Waals surface area contributed by atoms with Crippen LogP contribution in [-0.4, -0.2) is 13.7 Å². The van der Waals surface area contributed by atoms with E-state index in [1.807, 2.05) is 0 Å². The van der Waals surface area contributed by atoms with Crippen molar-refractivity contribution in [2.24, 2.45) is 4.74 Å². The predicted molar refractivity (Wildman–Crippen MR) is 62.7 cm³/mol. The summed E-state index contributed by atoms with van der Waals surface area (Å²) in [5.74, 6) is 1.28. The van der Waals surface area contributed by atoms with Crippen molar-refractivity contribution in [1.82, 2.24) is 0 Å². The molecule has 0 spiro atoms. The summed E-state index contributed by atoms with van der Waals surface area (Å²) in [5, 5.41) is 0. The predicted octanol–water partition coefficient (Wildman–Crippen LogP) is 2.73. The highest BCUT2D eigenvalue weighted by Gasteiger charge is 2.03. The zero-order chi connectivity index (χ0) is 11.8. The van der Waals surface area contributed by atoms with E-state index in [1.165, 1.54) is 0 Å². The zero-order valence-corrected chi connectivity index (χ0v) is 10.4. The van der Waals surface area contributed by atoms with Crippen molar-refractivity contribution < 1.29 is 14.2 Å². The Hall–Kier alpha value is -1.12. The molecule has 88 valence electrons. The third-order valence-electron chi connectivity index (χ3n) is 1.97. The molecule has 1 aromatic rings. The van der Waals surface area contributed by atoms with Gasteiger partial charge in [-0.2, -0.15) is 0 Å². The minimum absolute atomic E-state index is 0.544. The smallest absolute Gasteiger partial charge is 0.394 e. The Morgan fingerprint density at radius 1 is 1.25 bits per heavy atom. The second-order valence-electron chi connectivity index (χ2n) is 3.22. The van der Waals surface area contributed by atoms with Crippen LogP contribution >= 0.6 is 8.17 Å². The molecule has 0 heterocycles. The molecular formula is C11H16NO3P. The van der Waals surface area contributed by atoms with E-state index in [4.69, 9.17) is 9.26 Å². The topological polar surface area (TPSA) is 53.9 Å². The van der Waals surface area contributed by atoms with Crippen molar-refractivity contribution in [1.29, 1.82) is 0 Å². The van der Waals surface area contributed by atoms with Gasteiger partial charge in [0.05, 0.1) is 13.7 Å². The Labute approximate surface area is 96.9 Å². The van der Waals surface area contributed by atoms with Gasteiger partial charge in [-0.1, -0.05) is 18.1 Å². The van der Waals surface area contributed by atoms with Crippen molar-refractivity contribution in [3.05, 3.63) is 24.3 Å². The normalized spacial score (nSPS) is 11.3. The van der Waals surface area contributed by atoms with Crippen LogP contribution < -0.4 is 14.2 Å². The third-order valence-corrected chi connectivity index (χ3v) is 2.77. The minimum Gasteiger partial charge on any atom is -0.575 e. The lowest BCUT2D eigenvalue weighted by Gasteiger charge is -2.00. The molecule has 0 aliphatic rings. The molecule has 4 nitrogen and oxygen atoms in total. The molecule has 0 bridgehead atoms. The third kappa shape index (κ3) is 4.60. The lowest BCUT2D eigenvalue weighted by Crippen LogP contribution is -1.95. The Balaban J connectivity index is 2.49. The Morgan fingerprint density at radius 3 is 2.44 bits per heavy atom. The highest BCUT2D eigenvalue weighted by Crippen LogP contribution is 2.25. The molecule has 0 radical (unpaired) electrons. The van der Waals surface area contributed by atoms with E-state index in [-0.39, 0.29) is 0 Å². The molecule has 0 N–H and O–H groups in total. The van der Waals surface area contributed by atoms with Crippen LogP contribution in [0.25, 0.3) is 0 Å². The van der Waals surface area contributed by atoms with Crippen LogP contribution in [-0.2, 0) is 0 Å². The van der Waals surface area contributed by atoms with Crippen molar-refractivity contribution >= 4 is 8.17 Å². The molecule has 0 saturated heterocycles. The van der Waals surface area contributed by atoms with E-state index in [0.717, 1.165) is 18.6 Å². The van der Waals surface area contributed by atoms with Crippen LogP contribution in [0.2, 0.25) is 0 Å². The molecule has 1 atom stereocenters. The summed E-state index contributed by atoms with van der Waals surface area (Å²) in [6, 6.07) is 6.93. The van der Waals surface area contributed by atoms with Gasteiger partial charge in [0.15, 0.2) is 5.75 Å². The Morgan fingerprint density at radius 2 is 1.88 bits per heavy atom. The van der Waals surface area contributed by atoms with Crippen LogP contribution in [0.4, 0.5) is 0 Å². The van der Waals surface area contributed by atoms with Gasteiger partial charge in [-0.05, 0) is 30.7 Å². The van der Waals surface area contributed by atoms with Gasteiger partial charge in [0.1, 0.15) is 5.75 Å². The Kier molecular flexibility index (Phi) is 5.83. The molecule has 0 aliphatic heterocycles. The van der Waals surface area contributed by atoms with Crippen LogP contribution in [0.1, 0.15) is 19.8 Å². The van der Waals surface area contributed by atoms with Gasteiger partial charge < -0.3 is 9.63 Å². The van der Waals surface area contributed by atoms with E-state index >= 15 is 0 Å². The first kappa shape index (κ1) is 12.9. The monoisotopic (exact) mass is 241 g/mol. The van der Waals surface area contributed by atoms with Crippen molar-refractivity contribution in [3.8, 4) is 11.5 Å². The van der Waals surface area contributed by atoms with E-state index in [9.17, 15) is 4.89 Å². The summed E-state index contributed by atoms with van der Waals surface area (Å²) >= 11 is 0. The first-order chi connectivity index (χ1) is 7.76. The van der Waals surface area contributed by atoms with Crippen molar-refractivity contribution in [3.63, 3.8) is 0 Å². The number of nitrogens with zero attached hydrogens (tertiary/aromatic N) is 1. The van der Waals surface area contributed by atoms with Crippen molar-refractivity contribution in [2.75, 3.05) is 13.7 Å². The average Bonchev–Trinajstić information content (AvgIpc) is 2.30. The first-order valence-corrected chi connectivity index (χ1v) is 6.36. The van der Waals surface area contributed by atoms with E-state index in [0.29, 0.717) is 12.3 Å². The minimum atomic E-state index is -1.95. The fourth-order valence-corrected chi connectivity index (χ4v) is 1.73. The van der Waals surface area contributed by atoms with E-state index < -0.39 is 8.17 Å². The first-order valence-electron chi connectivity index (χ1n) is 5.23. The second kappa shape index (κ2) is 7.20. The fraction of sp³-hybridized carbons (Fsp3) is 0.455. The maximum atomic E-state index is 11.4. The summed E-state index contributed by atoms with van der Waals surface area (Å²) < 4.78 is 14.1. The number of rotatable bonds is 6. The number of hydrogen-bond acceptors (Lipinski definition) is 4. The van der Waals surface area contributed by atoms with Crippen molar-refractivity contribution in [2.45, 2.75) is 19.8 Å². The Bertz CT molecular complexity index is 338. The molecule has 0 aliphatic carbocycles. The summed E-state index contributed by atoms with van der Waals surface area (Å²) in [5.41, 5.74) is 0. The molecular weight excluding hydrogens is 225 g/mol. The average molecular weight is 241 g/mol. The quantitative estimate of drug-likeness (QED) is 0.568. The molecule has 1 aromatic carbocycles. The van der Waals surface area contributed by atoms with Gasteiger partial charge in [-0.3, -0.25) is 4.52 Å². The summed E-state index contributed by atoms with van der Waals surface area (Å²) in [4.78, 5) is 11.4. The number of ether oxygens (including phenoxy) is 1. The molecule has 1 unspecified atom stereocenters. The number of benzene rings is 1. The summed E-state index contributed by atoms with van der Waals surface area (Å²) in [7, 11) is -0.354. The molecule has 0 saturated carbocycles. The van der Waals surface area contributed by atoms with E-state index in [2.05, 4.69) is 11.7 Å². The van der Waals surface area contributed by atoms with Crippen LogP contribution in [0, 0.1) is 0 Å². The van der Waals surface area contributed by atoms with Gasteiger partial charge in [0.2, 0.25) is 0 Å².